The fourth-order valence-electron chi connectivity index (χ4n) is 2.73. The van der Waals surface area contributed by atoms with E-state index in [1.165, 1.54) is 18.5 Å². The molecule has 1 aliphatic carbocycles. The van der Waals surface area contributed by atoms with Crippen molar-refractivity contribution in [1.29, 1.82) is 0 Å². The maximum absolute atomic E-state index is 5.80. The molecule has 1 aliphatic heterocycles. The van der Waals surface area contributed by atoms with Crippen LogP contribution >= 0.6 is 0 Å². The van der Waals surface area contributed by atoms with Crippen molar-refractivity contribution in [2.75, 3.05) is 32.1 Å². The third-order valence-corrected chi connectivity index (χ3v) is 3.85. The van der Waals surface area contributed by atoms with E-state index in [-0.39, 0.29) is 6.10 Å². The van der Waals surface area contributed by atoms with Gasteiger partial charge in [0.15, 0.2) is 0 Å². The van der Waals surface area contributed by atoms with Gasteiger partial charge < -0.3 is 15.0 Å². The second-order valence-electron chi connectivity index (χ2n) is 5.57. The van der Waals surface area contributed by atoms with Gasteiger partial charge >= 0.3 is 0 Å². The number of likely N-dealkylation sites (tertiary alicyclic amines) is 1. The first-order valence-electron chi connectivity index (χ1n) is 7.15. The quantitative estimate of drug-likeness (QED) is 0.871. The van der Waals surface area contributed by atoms with Crippen LogP contribution in [0.15, 0.2) is 12.4 Å². The molecule has 1 aromatic heterocycles. The molecule has 5 nitrogen and oxygen atoms in total. The van der Waals surface area contributed by atoms with Gasteiger partial charge in [-0.05, 0) is 26.8 Å². The van der Waals surface area contributed by atoms with Gasteiger partial charge in [0, 0.05) is 37.4 Å². The third-order valence-electron chi connectivity index (χ3n) is 3.85. The summed E-state index contributed by atoms with van der Waals surface area (Å²) in [5.41, 5.74) is 1.18. The molecule has 0 spiro atoms. The minimum Gasteiger partial charge on any atom is -0.375 e. The lowest BCUT2D eigenvalue weighted by Gasteiger charge is -2.20. The smallest absolute Gasteiger partial charge is 0.129 e. The zero-order chi connectivity index (χ0) is 13.2. The van der Waals surface area contributed by atoms with E-state index in [0.717, 1.165) is 25.5 Å². The predicted octanol–water partition coefficient (Wildman–Crippen LogP) is 1.48. The van der Waals surface area contributed by atoms with Gasteiger partial charge in [-0.2, -0.15) is 0 Å². The van der Waals surface area contributed by atoms with Crippen LogP contribution in [-0.2, 0) is 4.74 Å². The molecule has 1 N–H and O–H groups in total. The van der Waals surface area contributed by atoms with Crippen LogP contribution in [0, 0.1) is 0 Å². The van der Waals surface area contributed by atoms with Crippen LogP contribution in [0.2, 0.25) is 0 Å². The molecule has 3 rings (SSSR count). The molecule has 0 unspecified atom stereocenters. The zero-order valence-electron chi connectivity index (χ0n) is 11.7. The number of anilines is 1. The topological polar surface area (TPSA) is 50.3 Å². The molecule has 2 fully saturated rings. The van der Waals surface area contributed by atoms with Gasteiger partial charge in [0.2, 0.25) is 0 Å². The summed E-state index contributed by atoms with van der Waals surface area (Å²) in [5, 5.41) is 3.51. The van der Waals surface area contributed by atoms with E-state index in [1.54, 1.807) is 6.33 Å². The Balaban J connectivity index is 1.67. The van der Waals surface area contributed by atoms with E-state index in [2.05, 4.69) is 33.3 Å². The molecule has 104 valence electrons. The summed E-state index contributed by atoms with van der Waals surface area (Å²) in [4.78, 5) is 11.0. The fraction of sp³-hybridized carbons (Fsp3) is 0.714. The lowest BCUT2D eigenvalue weighted by molar-refractivity contribution is 0.0652. The van der Waals surface area contributed by atoms with Crippen molar-refractivity contribution in [2.45, 2.75) is 37.8 Å². The Bertz CT molecular complexity index is 435. The largest absolute Gasteiger partial charge is 0.375 e. The van der Waals surface area contributed by atoms with Crippen LogP contribution in [0.1, 0.15) is 31.4 Å². The van der Waals surface area contributed by atoms with Crippen molar-refractivity contribution in [3.63, 3.8) is 0 Å². The Morgan fingerprint density at radius 3 is 2.95 bits per heavy atom. The minimum absolute atomic E-state index is 0.245. The summed E-state index contributed by atoms with van der Waals surface area (Å²) in [6.45, 7) is 4.78. The molecule has 2 atom stereocenters. The summed E-state index contributed by atoms with van der Waals surface area (Å²) < 4.78 is 5.80. The first-order chi connectivity index (χ1) is 9.26. The zero-order valence-corrected chi connectivity index (χ0v) is 11.7. The Hall–Kier alpha value is -1.20. The second kappa shape index (κ2) is 5.43. The van der Waals surface area contributed by atoms with Crippen molar-refractivity contribution in [2.24, 2.45) is 0 Å². The molecule has 0 aromatic carbocycles. The van der Waals surface area contributed by atoms with Crippen LogP contribution in [0.3, 0.4) is 0 Å². The first-order valence-corrected chi connectivity index (χ1v) is 7.15. The number of hydrogen-bond acceptors (Lipinski definition) is 5. The van der Waals surface area contributed by atoms with Crippen molar-refractivity contribution < 1.29 is 4.74 Å². The lowest BCUT2D eigenvalue weighted by atomic mass is 10.2. The van der Waals surface area contributed by atoms with Gasteiger partial charge in [-0.15, -0.1) is 0 Å². The monoisotopic (exact) mass is 262 g/mol. The fourth-order valence-corrected chi connectivity index (χ4v) is 2.73. The first kappa shape index (κ1) is 12.8. The van der Waals surface area contributed by atoms with Gasteiger partial charge in [0.25, 0.3) is 0 Å². The Morgan fingerprint density at radius 1 is 1.37 bits per heavy atom. The predicted molar refractivity (Wildman–Crippen MR) is 74.3 cm³/mol. The minimum atomic E-state index is 0.245. The summed E-state index contributed by atoms with van der Waals surface area (Å²) >= 11 is 0. The molecule has 0 bridgehead atoms. The molecule has 0 amide bonds. The Kier molecular flexibility index (Phi) is 3.66. The number of nitrogens with zero attached hydrogens (tertiary/aromatic N) is 3. The second-order valence-corrected chi connectivity index (χ2v) is 5.57. The SMILES string of the molecule is CCO[C@H]1CN(C)C[C@@H]1Nc1cc(C2CC2)ncn1. The van der Waals surface area contributed by atoms with Crippen molar-refractivity contribution in [1.82, 2.24) is 14.9 Å². The molecule has 1 saturated heterocycles. The van der Waals surface area contributed by atoms with Gasteiger partial charge in [-0.1, -0.05) is 0 Å². The van der Waals surface area contributed by atoms with Crippen LogP contribution in [0.5, 0.6) is 0 Å². The highest BCUT2D eigenvalue weighted by Crippen LogP contribution is 2.39. The highest BCUT2D eigenvalue weighted by Gasteiger charge is 2.32. The van der Waals surface area contributed by atoms with Crippen LogP contribution in [-0.4, -0.2) is 53.8 Å². The highest BCUT2D eigenvalue weighted by atomic mass is 16.5. The molecule has 2 heterocycles. The number of hydrogen-bond donors (Lipinski definition) is 1. The maximum atomic E-state index is 5.80. The average Bonchev–Trinajstić information content (AvgIpc) is 3.17. The Labute approximate surface area is 114 Å². The average molecular weight is 262 g/mol. The van der Waals surface area contributed by atoms with Crippen molar-refractivity contribution in [3.05, 3.63) is 18.1 Å². The van der Waals surface area contributed by atoms with Gasteiger partial charge in [-0.3, -0.25) is 0 Å². The molecule has 19 heavy (non-hydrogen) atoms. The molecule has 2 aliphatic rings. The summed E-state index contributed by atoms with van der Waals surface area (Å²) in [7, 11) is 2.13. The molecular formula is C14H22N4O. The summed E-state index contributed by atoms with van der Waals surface area (Å²) in [6.07, 6.45) is 4.45. The molecule has 5 heteroatoms. The van der Waals surface area contributed by atoms with Gasteiger partial charge in [-0.25, -0.2) is 9.97 Å². The van der Waals surface area contributed by atoms with E-state index in [1.807, 2.05) is 6.92 Å². The standard InChI is InChI=1S/C14H22N4O/c1-3-19-13-8-18(2)7-12(13)17-14-6-11(10-4-5-10)15-9-16-14/h6,9-10,12-13H,3-5,7-8H2,1-2H3,(H,15,16,17)/t12-,13-/m0/s1. The van der Waals surface area contributed by atoms with Crippen LogP contribution in [0.25, 0.3) is 0 Å². The number of ether oxygens (including phenoxy) is 1. The van der Waals surface area contributed by atoms with Crippen molar-refractivity contribution >= 4 is 5.82 Å². The highest BCUT2D eigenvalue weighted by molar-refractivity contribution is 5.38. The molecule has 1 saturated carbocycles. The summed E-state index contributed by atoms with van der Waals surface area (Å²) in [5.74, 6) is 1.60. The molecular weight excluding hydrogens is 240 g/mol. The van der Waals surface area contributed by atoms with E-state index in [0.29, 0.717) is 12.0 Å². The van der Waals surface area contributed by atoms with Gasteiger partial charge in [0.1, 0.15) is 12.1 Å². The third kappa shape index (κ3) is 3.04. The number of aromatic nitrogens is 2. The molecule has 0 radical (unpaired) electrons. The van der Waals surface area contributed by atoms with E-state index in [4.69, 9.17) is 4.74 Å². The van der Waals surface area contributed by atoms with Gasteiger partial charge in [0.05, 0.1) is 12.1 Å². The summed E-state index contributed by atoms with van der Waals surface area (Å²) in [6, 6.07) is 2.41. The molecule has 1 aromatic rings. The lowest BCUT2D eigenvalue weighted by Crippen LogP contribution is -2.34. The van der Waals surface area contributed by atoms with Crippen LogP contribution < -0.4 is 5.32 Å². The number of nitrogens with one attached hydrogen (secondary N) is 1. The van der Waals surface area contributed by atoms with E-state index < -0.39 is 0 Å². The Morgan fingerprint density at radius 2 is 2.21 bits per heavy atom. The van der Waals surface area contributed by atoms with Crippen LogP contribution in [0.4, 0.5) is 5.82 Å². The number of rotatable bonds is 5. The van der Waals surface area contributed by atoms with Crippen molar-refractivity contribution in [3.8, 4) is 0 Å². The van der Waals surface area contributed by atoms with E-state index >= 15 is 0 Å². The maximum Gasteiger partial charge on any atom is 0.129 e. The normalized spacial score (nSPS) is 27.7. The number of likely N-dealkylation sites (N-methyl/N-ethyl adjacent to an activating group) is 1. The van der Waals surface area contributed by atoms with E-state index in [9.17, 15) is 0 Å².